The number of hydrogen-bond acceptors (Lipinski definition) is 15. The minimum absolute atomic E-state index is 0.0291. The summed E-state index contributed by atoms with van der Waals surface area (Å²) in [4.78, 5) is 112. The van der Waals surface area contributed by atoms with E-state index >= 15 is 0 Å². The first-order chi connectivity index (χ1) is 33.2. The summed E-state index contributed by atoms with van der Waals surface area (Å²) in [6, 6.07) is 7.34. The maximum atomic E-state index is 14.0. The number of aliphatic carboxylic acids is 4. The van der Waals surface area contributed by atoms with Crippen LogP contribution in [0, 0.1) is 23.7 Å². The van der Waals surface area contributed by atoms with Crippen molar-refractivity contribution < 1.29 is 58.8 Å². The Morgan fingerprint density at radius 2 is 1.41 bits per heavy atom. The van der Waals surface area contributed by atoms with Crippen LogP contribution >= 0.6 is 35.7 Å². The SMILES string of the molecule is CN=C(N)CCCSC1CC(=O)N(CCCCC(CC(=O)C(CC(=O)C(CCSC)CC(=S)Cc2ccc(CC3CN(CC(=O)O)CCN(CC(=O)O)CCN3CC(=O)O)cc2)C(C)C)C(=O)O)C1=O. The Bertz CT molecular complexity index is 1990. The smallest absolute Gasteiger partial charge is 0.317 e. The number of nitrogens with zero attached hydrogens (tertiary/aromatic N) is 5. The second kappa shape index (κ2) is 31.2. The second-order valence-corrected chi connectivity index (χ2v) is 21.6. The maximum Gasteiger partial charge on any atom is 0.317 e. The standard InChI is InChI=1S/C49H74N6O12S3/c1-32(2)39(41(57)25-36(49(66)67)8-5-6-15-55-44(58)27-42(48(55)65)70-20-7-9-43(50)51-3)26-40(56)35(14-21-69-4)24-38(68)23-34-12-10-33(11-13-34)22-37-28-53(30-46(61)62)17-16-52(29-45(59)60)18-19-54(37)31-47(63)64/h10-13,32,35-37,39,42H,5-9,14-31H2,1-4H3,(H2,50,51)(H,59,60)(H,61,62)(H,63,64)(H,66,67). The Labute approximate surface area is 425 Å². The van der Waals surface area contributed by atoms with Gasteiger partial charge in [-0.2, -0.15) is 11.8 Å². The number of thioether (sulfide) groups is 2. The quantitative estimate of drug-likeness (QED) is 0.0218. The average Bonchev–Trinajstić information content (AvgIpc) is 3.59. The first-order valence-electron chi connectivity index (χ1n) is 24.1. The van der Waals surface area contributed by atoms with Gasteiger partial charge in [-0.3, -0.25) is 62.9 Å². The van der Waals surface area contributed by atoms with Crippen molar-refractivity contribution in [1.82, 2.24) is 19.6 Å². The van der Waals surface area contributed by atoms with Crippen molar-refractivity contribution in [3.05, 3.63) is 35.4 Å². The number of thiocarbonyl (C=S) groups is 1. The van der Waals surface area contributed by atoms with Gasteiger partial charge in [0.15, 0.2) is 0 Å². The fourth-order valence-corrected chi connectivity index (χ4v) is 11.0. The molecule has 21 heteroatoms. The molecular weight excluding hydrogens is 961 g/mol. The van der Waals surface area contributed by atoms with Gasteiger partial charge >= 0.3 is 23.9 Å². The lowest BCUT2D eigenvalue weighted by Gasteiger charge is -2.33. The zero-order valence-corrected chi connectivity index (χ0v) is 43.6. The van der Waals surface area contributed by atoms with Crippen molar-refractivity contribution in [1.29, 1.82) is 0 Å². The number of likely N-dealkylation sites (tertiary alicyclic amines) is 1. The first-order valence-corrected chi connectivity index (χ1v) is 26.9. The van der Waals surface area contributed by atoms with Crippen LogP contribution in [0.3, 0.4) is 0 Å². The third-order valence-corrected chi connectivity index (χ3v) is 15.2. The van der Waals surface area contributed by atoms with E-state index in [1.807, 2.05) is 44.4 Å². The molecule has 18 nitrogen and oxygen atoms in total. The van der Waals surface area contributed by atoms with E-state index in [0.717, 1.165) is 17.5 Å². The van der Waals surface area contributed by atoms with Crippen LogP contribution in [0.5, 0.6) is 0 Å². The highest BCUT2D eigenvalue weighted by Crippen LogP contribution is 2.29. The van der Waals surface area contributed by atoms with Crippen LogP contribution in [0.4, 0.5) is 0 Å². The highest BCUT2D eigenvalue weighted by atomic mass is 32.2. The number of rotatable bonds is 33. The Morgan fingerprint density at radius 1 is 0.786 bits per heavy atom. The molecule has 2 heterocycles. The molecule has 5 atom stereocenters. The molecule has 1 aromatic rings. The Balaban J connectivity index is 1.60. The van der Waals surface area contributed by atoms with Crippen molar-refractivity contribution in [3.8, 4) is 0 Å². The number of carbonyl (C=O) groups excluding carboxylic acids is 4. The number of nitrogens with two attached hydrogens (primary N) is 1. The van der Waals surface area contributed by atoms with Crippen LogP contribution in [-0.2, 0) is 51.2 Å². The zero-order valence-electron chi connectivity index (χ0n) is 41.1. The van der Waals surface area contributed by atoms with Crippen LogP contribution in [0.15, 0.2) is 29.3 Å². The van der Waals surface area contributed by atoms with Gasteiger partial charge < -0.3 is 26.2 Å². The van der Waals surface area contributed by atoms with E-state index in [9.17, 15) is 58.8 Å². The predicted octanol–water partition coefficient (Wildman–Crippen LogP) is 4.13. The molecule has 0 aromatic heterocycles. The van der Waals surface area contributed by atoms with E-state index in [0.29, 0.717) is 86.8 Å². The Kier molecular flexibility index (Phi) is 26.8. The summed E-state index contributed by atoms with van der Waals surface area (Å²) < 4.78 is 0. The molecule has 0 saturated carbocycles. The lowest BCUT2D eigenvalue weighted by molar-refractivity contribution is -0.145. The summed E-state index contributed by atoms with van der Waals surface area (Å²) >= 11 is 8.90. The molecule has 6 N–H and O–H groups in total. The van der Waals surface area contributed by atoms with E-state index in [1.165, 1.54) is 16.7 Å². The molecule has 1 aromatic carbocycles. The van der Waals surface area contributed by atoms with E-state index in [-0.39, 0.29) is 100 Å². The lowest BCUT2D eigenvalue weighted by atomic mass is 9.79. The number of carboxylic acid groups (broad SMARTS) is 4. The highest BCUT2D eigenvalue weighted by molar-refractivity contribution is 8.00. The van der Waals surface area contributed by atoms with E-state index in [4.69, 9.17) is 18.0 Å². The number of imide groups is 1. The molecule has 0 spiro atoms. The molecule has 2 amide bonds. The Morgan fingerprint density at radius 3 is 2.03 bits per heavy atom. The van der Waals surface area contributed by atoms with Gasteiger partial charge in [-0.15, -0.1) is 11.8 Å². The molecule has 0 bridgehead atoms. The summed E-state index contributed by atoms with van der Waals surface area (Å²) in [6.45, 7) is 4.55. The topological polar surface area (TPSA) is 269 Å². The number of aliphatic imine (C=N–C) groups is 1. The monoisotopic (exact) mass is 1030 g/mol. The fraction of sp³-hybridized carbons (Fsp3) is 0.673. The minimum Gasteiger partial charge on any atom is -0.481 e. The van der Waals surface area contributed by atoms with Gasteiger partial charge in [0.2, 0.25) is 11.8 Å². The largest absolute Gasteiger partial charge is 0.481 e. The van der Waals surface area contributed by atoms with Crippen LogP contribution in [-0.4, -0.2) is 193 Å². The minimum atomic E-state index is -1.11. The molecule has 2 fully saturated rings. The van der Waals surface area contributed by atoms with Crippen molar-refractivity contribution in [2.45, 2.75) is 102 Å². The number of benzene rings is 1. The Hall–Kier alpha value is -4.28. The third kappa shape index (κ3) is 21.6. The molecule has 2 aliphatic heterocycles. The maximum absolute atomic E-state index is 14.0. The number of unbranched alkanes of at least 4 members (excludes halogenated alkanes) is 1. The molecule has 70 heavy (non-hydrogen) atoms. The van der Waals surface area contributed by atoms with E-state index < -0.39 is 46.9 Å². The summed E-state index contributed by atoms with van der Waals surface area (Å²) in [7, 11) is 1.62. The van der Waals surface area contributed by atoms with E-state index in [1.54, 1.807) is 33.5 Å². The number of amides is 2. The summed E-state index contributed by atoms with van der Waals surface area (Å²) in [5.74, 6) is -5.49. The molecule has 0 radical (unpaired) electrons. The molecule has 3 rings (SSSR count). The zero-order chi connectivity index (χ0) is 51.9. The van der Waals surface area contributed by atoms with Gasteiger partial charge in [0.25, 0.3) is 0 Å². The van der Waals surface area contributed by atoms with E-state index in [2.05, 4.69) is 4.99 Å². The van der Waals surface area contributed by atoms with Gasteiger partial charge in [-0.25, -0.2) is 0 Å². The molecule has 390 valence electrons. The molecular formula is C49H74N6O12S3. The van der Waals surface area contributed by atoms with Gasteiger partial charge in [-0.1, -0.05) is 56.8 Å². The van der Waals surface area contributed by atoms with Crippen LogP contribution in [0.1, 0.15) is 89.2 Å². The van der Waals surface area contributed by atoms with Crippen LogP contribution < -0.4 is 5.73 Å². The first kappa shape index (κ1) is 60.0. The number of amidine groups is 1. The molecule has 5 unspecified atom stereocenters. The number of Topliss-reactive ketones (excluding diaryl/α,β-unsaturated/α-hetero) is 2. The van der Waals surface area contributed by atoms with Crippen molar-refractivity contribution in [3.63, 3.8) is 0 Å². The van der Waals surface area contributed by atoms with Crippen LogP contribution in [0.2, 0.25) is 0 Å². The highest BCUT2D eigenvalue weighted by Gasteiger charge is 2.38. The lowest BCUT2D eigenvalue weighted by Crippen LogP contribution is -2.49. The fourth-order valence-electron chi connectivity index (χ4n) is 8.97. The number of ketones is 2. The summed E-state index contributed by atoms with van der Waals surface area (Å²) in [6.07, 6.45) is 5.88. The van der Waals surface area contributed by atoms with Gasteiger partial charge in [0.1, 0.15) is 11.6 Å². The summed E-state index contributed by atoms with van der Waals surface area (Å²) in [5, 5.41) is 38.5. The second-order valence-electron chi connectivity index (χ2n) is 18.7. The normalized spacial score (nSPS) is 19.0. The molecule has 2 aliphatic rings. The number of carboxylic acids is 4. The van der Waals surface area contributed by atoms with Crippen molar-refractivity contribution >= 4 is 93.7 Å². The predicted molar refractivity (Wildman–Crippen MR) is 276 cm³/mol. The van der Waals surface area contributed by atoms with Gasteiger partial charge in [0, 0.05) is 96.3 Å². The van der Waals surface area contributed by atoms with Crippen molar-refractivity contribution in [2.24, 2.45) is 34.4 Å². The van der Waals surface area contributed by atoms with Gasteiger partial charge in [0.05, 0.1) is 36.6 Å². The third-order valence-electron chi connectivity index (χ3n) is 13.0. The number of carbonyl (C=O) groups is 8. The number of hydrogen-bond donors (Lipinski definition) is 5. The summed E-state index contributed by atoms with van der Waals surface area (Å²) in [5.41, 5.74) is 7.55. The average molecular weight is 1040 g/mol. The van der Waals surface area contributed by atoms with Crippen molar-refractivity contribution in [2.75, 3.05) is 83.7 Å². The molecule has 0 aliphatic carbocycles. The molecule has 2 saturated heterocycles. The van der Waals surface area contributed by atoms with Gasteiger partial charge in [-0.05, 0) is 78.2 Å². The van der Waals surface area contributed by atoms with Crippen LogP contribution in [0.25, 0.3) is 0 Å².